The van der Waals surface area contributed by atoms with E-state index in [1.807, 2.05) is 11.0 Å². The number of benzene rings is 1. The fraction of sp³-hybridized carbons (Fsp3) is 0.273. The van der Waals surface area contributed by atoms with Gasteiger partial charge in [0.15, 0.2) is 0 Å². The molecule has 0 radical (unpaired) electrons. The number of anilines is 2. The number of allylic oxidation sites excluding steroid dienone is 1. The number of hydrogen-bond donors (Lipinski definition) is 1. The number of nitriles is 3. The number of ether oxygens (including phenoxy) is 1. The van der Waals surface area contributed by atoms with Crippen molar-refractivity contribution < 1.29 is 4.74 Å². The molecular weight excluding hydrogens is 364 g/mol. The minimum atomic E-state index is 0.0259. The number of nitrogens with two attached hydrogens (primary N) is 1. The highest BCUT2D eigenvalue weighted by molar-refractivity contribution is 5.96. The van der Waals surface area contributed by atoms with Crippen molar-refractivity contribution in [2.24, 2.45) is 0 Å². The van der Waals surface area contributed by atoms with Gasteiger partial charge in [0.2, 0.25) is 0 Å². The van der Waals surface area contributed by atoms with Crippen LogP contribution >= 0.6 is 0 Å². The quantitative estimate of drug-likeness (QED) is 0.801. The Kier molecular flexibility index (Phi) is 5.97. The van der Waals surface area contributed by atoms with Crippen LogP contribution < -0.4 is 15.4 Å². The number of piperidine rings is 1. The van der Waals surface area contributed by atoms with E-state index in [9.17, 15) is 15.8 Å². The van der Waals surface area contributed by atoms with Gasteiger partial charge in [0, 0.05) is 18.7 Å². The number of methoxy groups -OCH3 is 1. The number of rotatable bonds is 4. The van der Waals surface area contributed by atoms with Gasteiger partial charge < -0.3 is 15.4 Å². The zero-order valence-corrected chi connectivity index (χ0v) is 16.1. The van der Waals surface area contributed by atoms with Crippen molar-refractivity contribution in [3.8, 4) is 24.0 Å². The topological polar surface area (TPSA) is 123 Å². The summed E-state index contributed by atoms with van der Waals surface area (Å²) in [5.41, 5.74) is 7.48. The molecule has 3 rings (SSSR count). The molecule has 1 saturated heterocycles. The van der Waals surface area contributed by atoms with Crippen molar-refractivity contribution in [1.82, 2.24) is 4.98 Å². The predicted molar refractivity (Wildman–Crippen MR) is 111 cm³/mol. The van der Waals surface area contributed by atoms with Gasteiger partial charge in [-0.15, -0.1) is 0 Å². The number of aromatic nitrogens is 1. The van der Waals surface area contributed by atoms with Crippen LogP contribution in [0.1, 0.15) is 41.5 Å². The van der Waals surface area contributed by atoms with Gasteiger partial charge in [-0.2, -0.15) is 15.8 Å². The van der Waals surface area contributed by atoms with Crippen LogP contribution in [0.25, 0.3) is 11.6 Å². The largest absolute Gasteiger partial charge is 0.497 e. The molecule has 1 fully saturated rings. The van der Waals surface area contributed by atoms with Gasteiger partial charge in [-0.25, -0.2) is 4.98 Å². The molecule has 7 heteroatoms. The molecule has 29 heavy (non-hydrogen) atoms. The van der Waals surface area contributed by atoms with Crippen molar-refractivity contribution in [1.29, 1.82) is 15.8 Å². The molecule has 0 aliphatic carbocycles. The average Bonchev–Trinajstić information content (AvgIpc) is 2.77. The molecular formula is C22H20N6O. The van der Waals surface area contributed by atoms with Gasteiger partial charge in [-0.05, 0) is 43.0 Å². The van der Waals surface area contributed by atoms with Gasteiger partial charge >= 0.3 is 0 Å². The monoisotopic (exact) mass is 384 g/mol. The standard InChI is InChI=1S/C22H20N6O/c1-29-17-7-5-15(6-8-17)11-16(12-23)20-18(13-24)21(26)27-22(19(20)14-25)28-9-3-2-4-10-28/h5-8,11H,2-4,9-10H2,1H3,(H2,26,27). The summed E-state index contributed by atoms with van der Waals surface area (Å²) in [6, 6.07) is 13.4. The van der Waals surface area contributed by atoms with Crippen molar-refractivity contribution in [2.45, 2.75) is 19.3 Å². The predicted octanol–water partition coefficient (Wildman–Crippen LogP) is 3.47. The highest BCUT2D eigenvalue weighted by Crippen LogP contribution is 2.34. The van der Waals surface area contributed by atoms with E-state index in [0.717, 1.165) is 37.9 Å². The second kappa shape index (κ2) is 8.78. The third kappa shape index (κ3) is 3.98. The lowest BCUT2D eigenvalue weighted by Gasteiger charge is -2.29. The first-order valence-corrected chi connectivity index (χ1v) is 9.27. The summed E-state index contributed by atoms with van der Waals surface area (Å²) in [4.78, 5) is 6.36. The van der Waals surface area contributed by atoms with E-state index in [2.05, 4.69) is 17.1 Å². The molecule has 2 aromatic rings. The second-order valence-electron chi connectivity index (χ2n) is 6.66. The Morgan fingerprint density at radius 3 is 2.28 bits per heavy atom. The SMILES string of the molecule is COc1ccc(C=C(C#N)c2c(C#N)c(N)nc(N3CCCCC3)c2C#N)cc1. The molecule has 0 amide bonds. The third-order valence-electron chi connectivity index (χ3n) is 4.90. The lowest BCUT2D eigenvalue weighted by atomic mass is 9.94. The number of pyridine rings is 1. The molecule has 0 atom stereocenters. The van der Waals surface area contributed by atoms with Crippen LogP contribution in [0.2, 0.25) is 0 Å². The van der Waals surface area contributed by atoms with Crippen molar-refractivity contribution >= 4 is 23.3 Å². The number of nitrogens with zero attached hydrogens (tertiary/aromatic N) is 5. The van der Waals surface area contributed by atoms with Crippen molar-refractivity contribution in [2.75, 3.05) is 30.8 Å². The Hall–Kier alpha value is -4.02. The fourth-order valence-corrected chi connectivity index (χ4v) is 3.44. The molecule has 7 nitrogen and oxygen atoms in total. The van der Waals surface area contributed by atoms with E-state index in [4.69, 9.17) is 10.5 Å². The smallest absolute Gasteiger partial charge is 0.149 e. The normalized spacial score (nSPS) is 13.9. The Morgan fingerprint density at radius 2 is 1.72 bits per heavy atom. The third-order valence-corrected chi connectivity index (χ3v) is 4.90. The zero-order valence-electron chi connectivity index (χ0n) is 16.1. The summed E-state index contributed by atoms with van der Waals surface area (Å²) in [6.07, 6.45) is 4.75. The lowest BCUT2D eigenvalue weighted by molar-refractivity contribution is 0.415. The second-order valence-corrected chi connectivity index (χ2v) is 6.66. The first kappa shape index (κ1) is 19.7. The molecule has 0 spiro atoms. The van der Waals surface area contributed by atoms with Crippen LogP contribution in [-0.4, -0.2) is 25.2 Å². The summed E-state index contributed by atoms with van der Waals surface area (Å²) in [5, 5.41) is 29.4. The maximum absolute atomic E-state index is 9.90. The van der Waals surface area contributed by atoms with Gasteiger partial charge in [0.1, 0.15) is 40.7 Å². The Labute approximate surface area is 169 Å². The average molecular weight is 384 g/mol. The molecule has 144 valence electrons. The van der Waals surface area contributed by atoms with E-state index in [0.29, 0.717) is 11.6 Å². The zero-order chi connectivity index (χ0) is 20.8. The summed E-state index contributed by atoms with van der Waals surface area (Å²) in [6.45, 7) is 1.52. The minimum Gasteiger partial charge on any atom is -0.497 e. The first-order valence-electron chi connectivity index (χ1n) is 9.27. The summed E-state index contributed by atoms with van der Waals surface area (Å²) in [5.74, 6) is 1.16. The minimum absolute atomic E-state index is 0.0259. The van der Waals surface area contributed by atoms with Gasteiger partial charge in [-0.1, -0.05) is 12.1 Å². The van der Waals surface area contributed by atoms with Crippen LogP contribution in [0.3, 0.4) is 0 Å². The van der Waals surface area contributed by atoms with E-state index in [1.54, 1.807) is 37.5 Å². The molecule has 2 heterocycles. The maximum atomic E-state index is 9.90. The van der Waals surface area contributed by atoms with E-state index in [-0.39, 0.29) is 28.1 Å². The van der Waals surface area contributed by atoms with Crippen molar-refractivity contribution in [3.63, 3.8) is 0 Å². The lowest BCUT2D eigenvalue weighted by Crippen LogP contribution is -2.31. The van der Waals surface area contributed by atoms with Crippen LogP contribution in [-0.2, 0) is 0 Å². The van der Waals surface area contributed by atoms with Crippen molar-refractivity contribution in [3.05, 3.63) is 46.5 Å². The number of hydrogen-bond acceptors (Lipinski definition) is 7. The molecule has 0 saturated carbocycles. The summed E-state index contributed by atoms with van der Waals surface area (Å²) in [7, 11) is 1.58. The Bertz CT molecular complexity index is 1060. The van der Waals surface area contributed by atoms with Crippen LogP contribution in [0.15, 0.2) is 24.3 Å². The van der Waals surface area contributed by atoms with Gasteiger partial charge in [0.05, 0.1) is 18.8 Å². The van der Waals surface area contributed by atoms with Gasteiger partial charge in [0.25, 0.3) is 0 Å². The summed E-state index contributed by atoms with van der Waals surface area (Å²) < 4.78 is 5.15. The highest BCUT2D eigenvalue weighted by Gasteiger charge is 2.25. The highest BCUT2D eigenvalue weighted by atomic mass is 16.5. The van der Waals surface area contributed by atoms with E-state index in [1.165, 1.54) is 0 Å². The maximum Gasteiger partial charge on any atom is 0.149 e. The van der Waals surface area contributed by atoms with Crippen LogP contribution in [0.5, 0.6) is 5.75 Å². The van der Waals surface area contributed by atoms with E-state index >= 15 is 0 Å². The molecule has 1 aromatic carbocycles. The molecule has 1 aliphatic rings. The fourth-order valence-electron chi connectivity index (χ4n) is 3.44. The Balaban J connectivity index is 2.20. The molecule has 1 aliphatic heterocycles. The van der Waals surface area contributed by atoms with Crippen LogP contribution in [0.4, 0.5) is 11.6 Å². The molecule has 1 aromatic heterocycles. The van der Waals surface area contributed by atoms with Gasteiger partial charge in [-0.3, -0.25) is 0 Å². The van der Waals surface area contributed by atoms with Crippen LogP contribution in [0, 0.1) is 34.0 Å². The Morgan fingerprint density at radius 1 is 1.07 bits per heavy atom. The first-order chi connectivity index (χ1) is 14.1. The summed E-state index contributed by atoms with van der Waals surface area (Å²) >= 11 is 0. The van der Waals surface area contributed by atoms with E-state index < -0.39 is 0 Å². The number of nitrogen functional groups attached to an aromatic ring is 1. The molecule has 0 unspecified atom stereocenters. The molecule has 0 bridgehead atoms. The molecule has 2 N–H and O–H groups in total.